The van der Waals surface area contributed by atoms with E-state index in [0.29, 0.717) is 5.56 Å². The van der Waals surface area contributed by atoms with Crippen LogP contribution in [-0.2, 0) is 0 Å². The van der Waals surface area contributed by atoms with Crippen LogP contribution >= 0.6 is 0 Å². The van der Waals surface area contributed by atoms with Crippen molar-refractivity contribution in [2.75, 3.05) is 0 Å². The molecule has 2 N–H and O–H groups in total. The fourth-order valence-electron chi connectivity index (χ4n) is 1.68. The summed E-state index contributed by atoms with van der Waals surface area (Å²) in [7, 11) is -2.10. The Morgan fingerprint density at radius 1 is 1.05 bits per heavy atom. The van der Waals surface area contributed by atoms with Crippen molar-refractivity contribution in [2.45, 2.75) is 0 Å². The van der Waals surface area contributed by atoms with Crippen molar-refractivity contribution in [1.82, 2.24) is 0 Å². The van der Waals surface area contributed by atoms with E-state index >= 15 is 0 Å². The second-order valence-corrected chi connectivity index (χ2v) is 3.75. The lowest BCUT2D eigenvalue weighted by atomic mass is 10.0. The molecule has 2 aromatic rings. The van der Waals surface area contributed by atoms with E-state index in [4.69, 9.17) is 10.0 Å². The Balaban J connectivity index is 2.45. The Morgan fingerprint density at radius 2 is 1.74 bits per heavy atom. The van der Waals surface area contributed by atoms with E-state index in [2.05, 4.69) is 4.65 Å². The van der Waals surface area contributed by atoms with Gasteiger partial charge in [0.1, 0.15) is 0 Å². The highest BCUT2D eigenvalue weighted by atomic mass is 16.6. The lowest BCUT2D eigenvalue weighted by molar-refractivity contribution is -0.385. The van der Waals surface area contributed by atoms with E-state index in [-0.39, 0.29) is 11.4 Å². The number of rotatable bonds is 4. The number of nitro benzene ring substituents is 1. The molecule has 0 unspecified atom stereocenters. The molecule has 0 atom stereocenters. The Bertz CT molecular complexity index is 588. The van der Waals surface area contributed by atoms with E-state index in [1.54, 1.807) is 6.07 Å². The molecule has 0 radical (unpaired) electrons. The molecule has 0 aliphatic rings. The minimum atomic E-state index is -2.10. The number of nitrogens with zero attached hydrogens (tertiary/aromatic N) is 1. The van der Waals surface area contributed by atoms with Gasteiger partial charge in [0, 0.05) is 6.07 Å². The molecule has 6 nitrogen and oxygen atoms in total. The van der Waals surface area contributed by atoms with Crippen LogP contribution in [0.5, 0.6) is 5.75 Å². The van der Waals surface area contributed by atoms with Crippen LogP contribution in [0.3, 0.4) is 0 Å². The van der Waals surface area contributed by atoms with Crippen LogP contribution in [0.4, 0.5) is 5.69 Å². The summed E-state index contributed by atoms with van der Waals surface area (Å²) in [5.41, 5.74) is 1.14. The highest BCUT2D eigenvalue weighted by Gasteiger charge is 2.21. The molecular formula is C12H10BNO5. The van der Waals surface area contributed by atoms with E-state index in [0.717, 1.165) is 5.56 Å². The molecule has 0 aliphatic heterocycles. The molecule has 0 fully saturated rings. The zero-order valence-electron chi connectivity index (χ0n) is 9.76. The summed E-state index contributed by atoms with van der Waals surface area (Å²) < 4.78 is 4.57. The molecule has 0 saturated heterocycles. The molecule has 0 saturated carbocycles. The summed E-state index contributed by atoms with van der Waals surface area (Å²) in [4.78, 5) is 10.3. The molecule has 0 spiro atoms. The molecule has 2 rings (SSSR count). The first-order valence-electron chi connectivity index (χ1n) is 5.44. The number of benzene rings is 2. The van der Waals surface area contributed by atoms with Gasteiger partial charge in [-0.2, -0.15) is 0 Å². The van der Waals surface area contributed by atoms with E-state index in [1.807, 2.05) is 30.3 Å². The van der Waals surface area contributed by atoms with E-state index in [1.165, 1.54) is 12.1 Å². The molecule has 96 valence electrons. The molecule has 0 amide bonds. The lowest BCUT2D eigenvalue weighted by Crippen LogP contribution is -2.21. The smallest absolute Gasteiger partial charge is 0.507 e. The monoisotopic (exact) mass is 259 g/mol. The zero-order chi connectivity index (χ0) is 13.8. The minimum Gasteiger partial charge on any atom is -0.507 e. The van der Waals surface area contributed by atoms with Crippen LogP contribution in [0.2, 0.25) is 0 Å². The first-order valence-corrected chi connectivity index (χ1v) is 5.44. The maximum Gasteiger partial charge on any atom is 0.707 e. The highest BCUT2D eigenvalue weighted by molar-refractivity contribution is 6.33. The van der Waals surface area contributed by atoms with Crippen LogP contribution in [0.15, 0.2) is 48.5 Å². The Kier molecular flexibility index (Phi) is 3.79. The highest BCUT2D eigenvalue weighted by Crippen LogP contribution is 2.32. The summed E-state index contributed by atoms with van der Waals surface area (Å²) in [5.74, 6) is -0.195. The third kappa shape index (κ3) is 3.09. The third-order valence-electron chi connectivity index (χ3n) is 2.50. The fraction of sp³-hybridized carbons (Fsp3) is 0. The van der Waals surface area contributed by atoms with Gasteiger partial charge in [0.25, 0.3) is 0 Å². The molecular weight excluding hydrogens is 249 g/mol. The summed E-state index contributed by atoms with van der Waals surface area (Å²) in [6.07, 6.45) is 0. The Labute approximate surface area is 109 Å². The molecule has 0 aliphatic carbocycles. The fourth-order valence-corrected chi connectivity index (χ4v) is 1.68. The van der Waals surface area contributed by atoms with Gasteiger partial charge >= 0.3 is 13.0 Å². The summed E-state index contributed by atoms with van der Waals surface area (Å²) >= 11 is 0. The van der Waals surface area contributed by atoms with Crippen molar-refractivity contribution < 1.29 is 19.6 Å². The molecule has 0 heterocycles. The van der Waals surface area contributed by atoms with Crippen molar-refractivity contribution >= 4 is 13.0 Å². The maximum absolute atomic E-state index is 10.9. The molecule has 0 bridgehead atoms. The largest absolute Gasteiger partial charge is 0.707 e. The average Bonchev–Trinajstić information content (AvgIpc) is 2.39. The van der Waals surface area contributed by atoms with Crippen LogP contribution in [0.25, 0.3) is 11.1 Å². The second kappa shape index (κ2) is 5.51. The van der Waals surface area contributed by atoms with Crippen molar-refractivity contribution in [2.24, 2.45) is 0 Å². The normalized spacial score (nSPS) is 10.0. The maximum atomic E-state index is 10.9. The molecule has 19 heavy (non-hydrogen) atoms. The van der Waals surface area contributed by atoms with Gasteiger partial charge in [-0.3, -0.25) is 10.1 Å². The van der Waals surface area contributed by atoms with Crippen LogP contribution in [0.1, 0.15) is 0 Å². The summed E-state index contributed by atoms with van der Waals surface area (Å²) in [6, 6.07) is 13.4. The van der Waals surface area contributed by atoms with Crippen LogP contribution in [-0.4, -0.2) is 22.3 Å². The number of nitro groups is 1. The van der Waals surface area contributed by atoms with Gasteiger partial charge in [-0.05, 0) is 17.2 Å². The van der Waals surface area contributed by atoms with Crippen molar-refractivity contribution in [3.05, 3.63) is 58.6 Å². The third-order valence-corrected chi connectivity index (χ3v) is 2.50. The zero-order valence-corrected chi connectivity index (χ0v) is 9.76. The molecule has 7 heteroatoms. The molecule has 2 aromatic carbocycles. The Morgan fingerprint density at radius 3 is 2.32 bits per heavy atom. The van der Waals surface area contributed by atoms with Crippen molar-refractivity contribution in [3.8, 4) is 16.9 Å². The number of hydrogen-bond donors (Lipinski definition) is 2. The van der Waals surface area contributed by atoms with Crippen molar-refractivity contribution in [3.63, 3.8) is 0 Å². The summed E-state index contributed by atoms with van der Waals surface area (Å²) in [6.45, 7) is 0. The standard InChI is InChI=1S/C12H10BNO5/c15-13(16)19-12-7-6-10(8-11(12)14(17)18)9-4-2-1-3-5-9/h1-8,15-16H. The topological polar surface area (TPSA) is 92.8 Å². The van der Waals surface area contributed by atoms with Crippen LogP contribution in [0, 0.1) is 10.1 Å². The van der Waals surface area contributed by atoms with Crippen LogP contribution < -0.4 is 4.65 Å². The Hall–Kier alpha value is -2.38. The van der Waals surface area contributed by atoms with Gasteiger partial charge in [-0.1, -0.05) is 36.4 Å². The SMILES string of the molecule is O=[N+]([O-])c1cc(-c2ccccc2)ccc1OB(O)O. The minimum absolute atomic E-state index is 0.195. The van der Waals surface area contributed by atoms with Gasteiger partial charge in [0.05, 0.1) is 4.92 Å². The average molecular weight is 259 g/mol. The second-order valence-electron chi connectivity index (χ2n) is 3.75. The van der Waals surface area contributed by atoms with Gasteiger partial charge in [0.15, 0.2) is 5.75 Å². The lowest BCUT2D eigenvalue weighted by Gasteiger charge is -2.07. The van der Waals surface area contributed by atoms with E-state index < -0.39 is 12.2 Å². The first kappa shape index (κ1) is 13.1. The predicted molar refractivity (Wildman–Crippen MR) is 69.4 cm³/mol. The quantitative estimate of drug-likeness (QED) is 0.494. The number of hydrogen-bond acceptors (Lipinski definition) is 5. The van der Waals surface area contributed by atoms with Crippen molar-refractivity contribution in [1.29, 1.82) is 0 Å². The van der Waals surface area contributed by atoms with Gasteiger partial charge < -0.3 is 14.7 Å². The van der Waals surface area contributed by atoms with Gasteiger partial charge in [0.2, 0.25) is 0 Å². The predicted octanol–water partition coefficient (Wildman–Crippen LogP) is 1.61. The van der Waals surface area contributed by atoms with Gasteiger partial charge in [-0.15, -0.1) is 0 Å². The first-order chi connectivity index (χ1) is 9.08. The molecule has 0 aromatic heterocycles. The van der Waals surface area contributed by atoms with E-state index in [9.17, 15) is 10.1 Å². The summed E-state index contributed by atoms with van der Waals surface area (Å²) in [5, 5.41) is 28.4. The van der Waals surface area contributed by atoms with Gasteiger partial charge in [-0.25, -0.2) is 0 Å².